The van der Waals surface area contributed by atoms with Crippen molar-refractivity contribution in [2.24, 2.45) is 5.10 Å². The van der Waals surface area contributed by atoms with E-state index in [9.17, 15) is 9.59 Å². The van der Waals surface area contributed by atoms with Crippen LogP contribution in [0.1, 0.15) is 27.6 Å². The molecule has 1 aliphatic heterocycles. The molecule has 0 saturated heterocycles. The number of hydrogen-bond donors (Lipinski definition) is 1. The van der Waals surface area contributed by atoms with Crippen LogP contribution >= 0.6 is 0 Å². The number of nitrogens with zero attached hydrogens (tertiary/aromatic N) is 2. The maximum Gasteiger partial charge on any atom is 0.271 e. The van der Waals surface area contributed by atoms with Crippen molar-refractivity contribution in [1.82, 2.24) is 9.99 Å². The molecular weight excluding hydrogens is 334 g/mol. The van der Waals surface area contributed by atoms with Gasteiger partial charge in [0.2, 0.25) is 12.7 Å². The van der Waals surface area contributed by atoms with Gasteiger partial charge in [-0.1, -0.05) is 18.2 Å². The lowest BCUT2D eigenvalue weighted by atomic mass is 10.2. The van der Waals surface area contributed by atoms with E-state index in [1.807, 2.05) is 24.3 Å². The van der Waals surface area contributed by atoms with Crippen LogP contribution in [0.3, 0.4) is 0 Å². The number of rotatable bonds is 3. The minimum Gasteiger partial charge on any atom is -0.454 e. The van der Waals surface area contributed by atoms with Crippen LogP contribution in [0.15, 0.2) is 53.8 Å². The highest BCUT2D eigenvalue weighted by Crippen LogP contribution is 2.32. The Kier molecular flexibility index (Phi) is 3.89. The highest BCUT2D eigenvalue weighted by molar-refractivity contribution is 6.04. The molecule has 0 fully saturated rings. The van der Waals surface area contributed by atoms with E-state index in [1.165, 1.54) is 13.1 Å². The van der Waals surface area contributed by atoms with Gasteiger partial charge in [-0.05, 0) is 24.3 Å². The van der Waals surface area contributed by atoms with Crippen molar-refractivity contribution in [2.75, 3.05) is 6.79 Å². The lowest BCUT2D eigenvalue weighted by Gasteiger charge is -2.01. The first kappa shape index (κ1) is 15.9. The third-order valence-corrected chi connectivity index (χ3v) is 4.09. The van der Waals surface area contributed by atoms with E-state index >= 15 is 0 Å². The second kappa shape index (κ2) is 6.36. The molecule has 3 aromatic rings. The van der Waals surface area contributed by atoms with Crippen LogP contribution in [0.4, 0.5) is 0 Å². The number of para-hydroxylation sites is 1. The predicted molar refractivity (Wildman–Crippen MR) is 95.9 cm³/mol. The van der Waals surface area contributed by atoms with Gasteiger partial charge in [-0.15, -0.1) is 0 Å². The molecule has 2 aromatic carbocycles. The predicted octanol–water partition coefficient (Wildman–Crippen LogP) is 2.79. The molecule has 1 aliphatic rings. The van der Waals surface area contributed by atoms with Gasteiger partial charge < -0.3 is 9.47 Å². The van der Waals surface area contributed by atoms with Crippen LogP contribution in [0, 0.1) is 0 Å². The van der Waals surface area contributed by atoms with Crippen molar-refractivity contribution >= 4 is 28.9 Å². The monoisotopic (exact) mass is 349 g/mol. The molecule has 130 valence electrons. The van der Waals surface area contributed by atoms with E-state index in [1.54, 1.807) is 29.0 Å². The first-order valence-corrected chi connectivity index (χ1v) is 7.97. The SMILES string of the molecule is CC(=O)n1cc(/C=N\NC(=O)c2ccc3c(c2)OCO3)c2ccccc21. The van der Waals surface area contributed by atoms with Gasteiger partial charge in [-0.3, -0.25) is 14.2 Å². The van der Waals surface area contributed by atoms with Gasteiger partial charge in [0.1, 0.15) is 0 Å². The maximum absolute atomic E-state index is 12.2. The molecule has 1 amide bonds. The summed E-state index contributed by atoms with van der Waals surface area (Å²) < 4.78 is 12.0. The molecule has 0 radical (unpaired) electrons. The molecule has 26 heavy (non-hydrogen) atoms. The second-order valence-corrected chi connectivity index (χ2v) is 5.76. The average Bonchev–Trinajstić information content (AvgIpc) is 3.25. The number of amides is 1. The van der Waals surface area contributed by atoms with Gasteiger partial charge in [0, 0.05) is 29.6 Å². The number of nitrogens with one attached hydrogen (secondary N) is 1. The summed E-state index contributed by atoms with van der Waals surface area (Å²) in [5.41, 5.74) is 4.43. The zero-order valence-electron chi connectivity index (χ0n) is 13.9. The number of carbonyl (C=O) groups excluding carboxylic acids is 2. The number of aromatic nitrogens is 1. The van der Waals surface area contributed by atoms with E-state index in [0.29, 0.717) is 17.1 Å². The van der Waals surface area contributed by atoms with Crippen molar-refractivity contribution in [3.63, 3.8) is 0 Å². The Labute approximate surface area is 148 Å². The molecule has 0 aliphatic carbocycles. The third-order valence-electron chi connectivity index (χ3n) is 4.09. The number of fused-ring (bicyclic) bond motifs is 2. The standard InChI is InChI=1S/C19H15N3O4/c1-12(23)22-10-14(15-4-2-3-5-16(15)22)9-20-21-19(24)13-6-7-17-18(8-13)26-11-25-17/h2-10H,11H2,1H3,(H,21,24)/b20-9-. The molecule has 0 unspecified atom stereocenters. The van der Waals surface area contributed by atoms with E-state index in [4.69, 9.17) is 9.47 Å². The Balaban J connectivity index is 1.55. The lowest BCUT2D eigenvalue weighted by molar-refractivity contribution is 0.0937. The number of hydrogen-bond acceptors (Lipinski definition) is 5. The number of benzene rings is 2. The highest BCUT2D eigenvalue weighted by atomic mass is 16.7. The topological polar surface area (TPSA) is 81.9 Å². The smallest absolute Gasteiger partial charge is 0.271 e. The first-order chi connectivity index (χ1) is 12.6. The quantitative estimate of drug-likeness (QED) is 0.582. The summed E-state index contributed by atoms with van der Waals surface area (Å²) in [7, 11) is 0. The largest absolute Gasteiger partial charge is 0.454 e. The summed E-state index contributed by atoms with van der Waals surface area (Å²) in [6.45, 7) is 1.65. The lowest BCUT2D eigenvalue weighted by Crippen LogP contribution is -2.17. The van der Waals surface area contributed by atoms with Gasteiger partial charge in [-0.2, -0.15) is 5.10 Å². The van der Waals surface area contributed by atoms with Gasteiger partial charge in [0.15, 0.2) is 11.5 Å². The van der Waals surface area contributed by atoms with Crippen LogP contribution in [-0.2, 0) is 0 Å². The van der Waals surface area contributed by atoms with Crippen molar-refractivity contribution in [3.8, 4) is 11.5 Å². The van der Waals surface area contributed by atoms with Gasteiger partial charge >= 0.3 is 0 Å². The van der Waals surface area contributed by atoms with Crippen molar-refractivity contribution in [1.29, 1.82) is 0 Å². The highest BCUT2D eigenvalue weighted by Gasteiger charge is 2.16. The third kappa shape index (κ3) is 2.79. The van der Waals surface area contributed by atoms with Crippen LogP contribution in [0.2, 0.25) is 0 Å². The van der Waals surface area contributed by atoms with Crippen LogP contribution in [-0.4, -0.2) is 29.4 Å². The number of ether oxygens (including phenoxy) is 2. The summed E-state index contributed by atoms with van der Waals surface area (Å²) in [5, 5.41) is 4.89. The molecule has 0 saturated carbocycles. The van der Waals surface area contributed by atoms with E-state index in [2.05, 4.69) is 10.5 Å². The van der Waals surface area contributed by atoms with Crippen molar-refractivity contribution < 1.29 is 19.1 Å². The van der Waals surface area contributed by atoms with Gasteiger partial charge in [-0.25, -0.2) is 5.43 Å². The second-order valence-electron chi connectivity index (χ2n) is 5.76. The molecule has 0 atom stereocenters. The summed E-state index contributed by atoms with van der Waals surface area (Å²) in [6, 6.07) is 12.4. The van der Waals surface area contributed by atoms with Crippen LogP contribution in [0.5, 0.6) is 11.5 Å². The minimum absolute atomic E-state index is 0.0924. The molecule has 1 aromatic heterocycles. The van der Waals surface area contributed by atoms with E-state index in [0.717, 1.165) is 16.5 Å². The zero-order chi connectivity index (χ0) is 18.1. The fourth-order valence-corrected chi connectivity index (χ4v) is 2.83. The zero-order valence-corrected chi connectivity index (χ0v) is 13.9. The van der Waals surface area contributed by atoms with E-state index in [-0.39, 0.29) is 18.6 Å². The number of carbonyl (C=O) groups is 2. The average molecular weight is 349 g/mol. The molecule has 2 heterocycles. The Morgan fingerprint density at radius 2 is 1.96 bits per heavy atom. The van der Waals surface area contributed by atoms with Crippen molar-refractivity contribution in [3.05, 3.63) is 59.8 Å². The van der Waals surface area contributed by atoms with Crippen molar-refractivity contribution in [2.45, 2.75) is 6.92 Å². The molecule has 0 bridgehead atoms. The molecule has 1 N–H and O–H groups in total. The Morgan fingerprint density at radius 1 is 1.15 bits per heavy atom. The Hall–Kier alpha value is -3.61. The molecule has 0 spiro atoms. The van der Waals surface area contributed by atoms with Crippen LogP contribution < -0.4 is 14.9 Å². The maximum atomic E-state index is 12.2. The van der Waals surface area contributed by atoms with Gasteiger partial charge in [0.05, 0.1) is 11.7 Å². The summed E-state index contributed by atoms with van der Waals surface area (Å²) >= 11 is 0. The normalized spacial score (nSPS) is 12.7. The van der Waals surface area contributed by atoms with Crippen LogP contribution in [0.25, 0.3) is 10.9 Å². The first-order valence-electron chi connectivity index (χ1n) is 7.97. The fourth-order valence-electron chi connectivity index (χ4n) is 2.83. The molecule has 4 rings (SSSR count). The summed E-state index contributed by atoms with van der Waals surface area (Å²) in [4.78, 5) is 24.0. The Morgan fingerprint density at radius 3 is 2.81 bits per heavy atom. The minimum atomic E-state index is -0.366. The summed E-state index contributed by atoms with van der Waals surface area (Å²) in [6.07, 6.45) is 3.22. The molecule has 7 nitrogen and oxygen atoms in total. The van der Waals surface area contributed by atoms with Gasteiger partial charge in [0.25, 0.3) is 5.91 Å². The summed E-state index contributed by atoms with van der Waals surface area (Å²) in [5.74, 6) is 0.688. The fraction of sp³-hybridized carbons (Fsp3) is 0.105. The number of hydrazone groups is 1. The Bertz CT molecular complexity index is 1050. The molecular formula is C19H15N3O4. The molecule has 7 heteroatoms. The van der Waals surface area contributed by atoms with E-state index < -0.39 is 0 Å².